The topological polar surface area (TPSA) is 161 Å². The second-order valence-electron chi connectivity index (χ2n) is 8.96. The highest BCUT2D eigenvalue weighted by atomic mass is 35.5. The van der Waals surface area contributed by atoms with Crippen LogP contribution in [0.5, 0.6) is 0 Å². The fourth-order valence-corrected chi connectivity index (χ4v) is 4.67. The zero-order valence-electron chi connectivity index (χ0n) is 19.6. The number of benzene rings is 1. The van der Waals surface area contributed by atoms with Crippen LogP contribution >= 0.6 is 11.6 Å². The van der Waals surface area contributed by atoms with Gasteiger partial charge in [-0.2, -0.15) is 9.50 Å². The molecule has 0 bridgehead atoms. The van der Waals surface area contributed by atoms with Crippen LogP contribution in [0.15, 0.2) is 18.3 Å². The number of carbonyl (C=O) groups is 1. The molecule has 7 N–H and O–H groups in total. The Morgan fingerprint density at radius 3 is 2.80 bits per heavy atom. The number of ether oxygens (including phenoxy) is 1. The molecule has 1 aliphatic heterocycles. The standard InChI is InChI=1S/C22H29ClN10O2/c1-3-11-9-32(10-15(11)29-22(34)35-2)16-7-12(24)6-14(18(16)23)28-21-30-19(27-13-4-5-13)20-26-8-17(25)33(20)31-21/h6-8,11,13,15H,3-5,9-10,24-25H2,1-2H3,(H,29,34)(H2,27,28,30,31)/t11-,15+/m1/s1. The highest BCUT2D eigenvalue weighted by Gasteiger charge is 2.34. The van der Waals surface area contributed by atoms with Gasteiger partial charge in [0, 0.05) is 24.8 Å². The van der Waals surface area contributed by atoms with Crippen LogP contribution < -0.4 is 32.3 Å². The van der Waals surface area contributed by atoms with E-state index < -0.39 is 6.09 Å². The van der Waals surface area contributed by atoms with Gasteiger partial charge in [-0.3, -0.25) is 0 Å². The average molecular weight is 501 g/mol. The average Bonchev–Trinajstić information content (AvgIpc) is 3.44. The Kier molecular flexibility index (Phi) is 6.05. The third-order valence-electron chi connectivity index (χ3n) is 6.42. The van der Waals surface area contributed by atoms with Crippen molar-refractivity contribution < 1.29 is 9.53 Å². The number of hydrogen-bond acceptors (Lipinski definition) is 10. The second kappa shape index (κ2) is 9.17. The predicted octanol–water partition coefficient (Wildman–Crippen LogP) is 2.83. The lowest BCUT2D eigenvalue weighted by Crippen LogP contribution is -2.40. The van der Waals surface area contributed by atoms with Gasteiger partial charge in [0.2, 0.25) is 5.95 Å². The molecular weight excluding hydrogens is 472 g/mol. The van der Waals surface area contributed by atoms with E-state index in [-0.39, 0.29) is 12.0 Å². The maximum atomic E-state index is 11.8. The third-order valence-corrected chi connectivity index (χ3v) is 6.82. The lowest BCUT2D eigenvalue weighted by atomic mass is 10.0. The van der Waals surface area contributed by atoms with Gasteiger partial charge in [0.05, 0.1) is 35.7 Å². The van der Waals surface area contributed by atoms with Crippen molar-refractivity contribution in [3.05, 3.63) is 23.4 Å². The summed E-state index contributed by atoms with van der Waals surface area (Å²) in [6, 6.07) is 3.88. The molecule has 1 saturated heterocycles. The number of alkyl carbamates (subject to hydrolysis) is 1. The summed E-state index contributed by atoms with van der Waals surface area (Å²) in [7, 11) is 1.36. The first-order valence-corrected chi connectivity index (χ1v) is 12.0. The molecule has 3 aromatic rings. The third kappa shape index (κ3) is 4.65. The van der Waals surface area contributed by atoms with Crippen molar-refractivity contribution in [2.75, 3.05) is 47.2 Å². The summed E-state index contributed by atoms with van der Waals surface area (Å²) in [6.45, 7) is 3.40. The molecule has 3 heterocycles. The van der Waals surface area contributed by atoms with Gasteiger partial charge in [0.15, 0.2) is 11.5 Å². The quantitative estimate of drug-likeness (QED) is 0.305. The second-order valence-corrected chi connectivity index (χ2v) is 9.34. The van der Waals surface area contributed by atoms with Crippen LogP contribution in [0.3, 0.4) is 0 Å². The first kappa shape index (κ1) is 23.1. The number of nitrogen functional groups attached to an aromatic ring is 2. The number of nitrogens with one attached hydrogen (secondary N) is 3. The molecular formula is C22H29ClN10O2. The molecule has 0 radical (unpaired) electrons. The summed E-state index contributed by atoms with van der Waals surface area (Å²) >= 11 is 6.86. The predicted molar refractivity (Wildman–Crippen MR) is 136 cm³/mol. The van der Waals surface area contributed by atoms with Crippen LogP contribution in [0.25, 0.3) is 5.65 Å². The van der Waals surface area contributed by atoms with Crippen LogP contribution in [0.1, 0.15) is 26.2 Å². The van der Waals surface area contributed by atoms with E-state index in [4.69, 9.17) is 27.8 Å². The van der Waals surface area contributed by atoms with E-state index in [1.807, 2.05) is 6.07 Å². The summed E-state index contributed by atoms with van der Waals surface area (Å²) < 4.78 is 6.32. The molecule has 2 atom stereocenters. The number of halogens is 1. The number of carbonyl (C=O) groups excluding carboxylic acids is 1. The molecule has 1 aliphatic carbocycles. The van der Waals surface area contributed by atoms with Crippen LogP contribution in [0.2, 0.25) is 5.02 Å². The smallest absolute Gasteiger partial charge is 0.407 e. The van der Waals surface area contributed by atoms with Gasteiger partial charge in [-0.1, -0.05) is 18.5 Å². The van der Waals surface area contributed by atoms with Crippen molar-refractivity contribution in [1.29, 1.82) is 0 Å². The largest absolute Gasteiger partial charge is 0.453 e. The van der Waals surface area contributed by atoms with Crippen molar-refractivity contribution in [1.82, 2.24) is 24.9 Å². The minimum atomic E-state index is -0.446. The highest BCUT2D eigenvalue weighted by Crippen LogP contribution is 2.39. The maximum absolute atomic E-state index is 11.8. The fraction of sp³-hybridized carbons (Fsp3) is 0.455. The number of rotatable bonds is 7. The molecule has 2 aromatic heterocycles. The SMILES string of the molecule is CC[C@@H]1CN(c2cc(N)cc(Nc3nc(NC4CC4)c4ncc(N)n4n3)c2Cl)C[C@@H]1NC(=O)OC. The molecule has 186 valence electrons. The zero-order chi connectivity index (χ0) is 24.7. The Balaban J connectivity index is 1.44. The molecule has 2 aliphatic rings. The number of imidazole rings is 1. The van der Waals surface area contributed by atoms with Crippen LogP contribution in [0, 0.1) is 5.92 Å². The van der Waals surface area contributed by atoms with Gasteiger partial charge in [0.1, 0.15) is 5.82 Å². The Bertz CT molecular complexity index is 1260. The first-order valence-electron chi connectivity index (χ1n) is 11.6. The molecule has 13 heteroatoms. The van der Waals surface area contributed by atoms with E-state index in [1.165, 1.54) is 11.6 Å². The van der Waals surface area contributed by atoms with Gasteiger partial charge in [0.25, 0.3) is 0 Å². The van der Waals surface area contributed by atoms with E-state index in [0.29, 0.717) is 52.2 Å². The van der Waals surface area contributed by atoms with Crippen LogP contribution in [0.4, 0.5) is 39.4 Å². The summed E-state index contributed by atoms with van der Waals surface area (Å²) in [6.07, 6.45) is 4.17. The van der Waals surface area contributed by atoms with E-state index in [1.54, 1.807) is 12.3 Å². The number of hydrogen-bond donors (Lipinski definition) is 5. The molecule has 1 saturated carbocycles. The first-order chi connectivity index (χ1) is 16.9. The Morgan fingerprint density at radius 1 is 1.29 bits per heavy atom. The van der Waals surface area contributed by atoms with Gasteiger partial charge in [-0.15, -0.1) is 5.10 Å². The van der Waals surface area contributed by atoms with Crippen LogP contribution in [-0.4, -0.2) is 58.0 Å². The van der Waals surface area contributed by atoms with Crippen molar-refractivity contribution in [2.24, 2.45) is 5.92 Å². The Morgan fingerprint density at radius 2 is 2.09 bits per heavy atom. The maximum Gasteiger partial charge on any atom is 0.407 e. The summed E-state index contributed by atoms with van der Waals surface area (Å²) in [4.78, 5) is 22.9. The monoisotopic (exact) mass is 500 g/mol. The van der Waals surface area contributed by atoms with E-state index >= 15 is 0 Å². The van der Waals surface area contributed by atoms with Crippen molar-refractivity contribution in [3.8, 4) is 0 Å². The zero-order valence-corrected chi connectivity index (χ0v) is 20.3. The number of nitrogens with two attached hydrogens (primary N) is 2. The van der Waals surface area contributed by atoms with E-state index in [2.05, 4.69) is 42.8 Å². The molecule has 0 spiro atoms. The van der Waals surface area contributed by atoms with E-state index in [0.717, 1.165) is 31.5 Å². The molecule has 35 heavy (non-hydrogen) atoms. The molecule has 0 unspecified atom stereocenters. The van der Waals surface area contributed by atoms with Crippen molar-refractivity contribution in [2.45, 2.75) is 38.3 Å². The number of amides is 1. The lowest BCUT2D eigenvalue weighted by Gasteiger charge is -2.22. The van der Waals surface area contributed by atoms with E-state index in [9.17, 15) is 4.79 Å². The normalized spacial score (nSPS) is 19.7. The van der Waals surface area contributed by atoms with Crippen molar-refractivity contribution in [3.63, 3.8) is 0 Å². The number of methoxy groups -OCH3 is 1. The van der Waals surface area contributed by atoms with Gasteiger partial charge in [-0.25, -0.2) is 9.78 Å². The number of aromatic nitrogens is 4. The van der Waals surface area contributed by atoms with Crippen molar-refractivity contribution >= 4 is 58.0 Å². The van der Waals surface area contributed by atoms with Gasteiger partial charge >= 0.3 is 6.09 Å². The molecule has 2 fully saturated rings. The van der Waals surface area contributed by atoms with Gasteiger partial charge < -0.3 is 37.1 Å². The molecule has 1 amide bonds. The van der Waals surface area contributed by atoms with Gasteiger partial charge in [-0.05, 0) is 37.3 Å². The minimum absolute atomic E-state index is 0.0626. The Hall–Kier alpha value is -3.67. The Labute approximate surface area is 207 Å². The summed E-state index contributed by atoms with van der Waals surface area (Å²) in [5.41, 5.74) is 14.7. The molecule has 1 aromatic carbocycles. The summed E-state index contributed by atoms with van der Waals surface area (Å²) in [5, 5.41) is 14.5. The van der Waals surface area contributed by atoms with Crippen LogP contribution in [-0.2, 0) is 4.74 Å². The number of nitrogens with zero attached hydrogens (tertiary/aromatic N) is 5. The minimum Gasteiger partial charge on any atom is -0.453 e. The number of anilines is 6. The lowest BCUT2D eigenvalue weighted by molar-refractivity contribution is 0.164. The number of fused-ring (bicyclic) bond motifs is 1. The highest BCUT2D eigenvalue weighted by molar-refractivity contribution is 6.36. The molecule has 12 nitrogen and oxygen atoms in total. The summed E-state index contributed by atoms with van der Waals surface area (Å²) in [5.74, 6) is 1.55. The molecule has 5 rings (SSSR count). The fourth-order valence-electron chi connectivity index (χ4n) is 4.40.